The van der Waals surface area contributed by atoms with Gasteiger partial charge in [-0.25, -0.2) is 0 Å². The molecule has 0 amide bonds. The summed E-state index contributed by atoms with van der Waals surface area (Å²) in [5.74, 6) is 0. The zero-order valence-corrected chi connectivity index (χ0v) is 8.96. The standard InChI is InChI=1S/Mo.O4Si.Y/c;1-5(2,3)4;/q+4;-4;+3. The average Bonchev–Trinajstić information content (AvgIpc) is 0.722. The Hall–Kier alpha value is 1.85. The van der Waals surface area contributed by atoms with Gasteiger partial charge in [-0.2, -0.15) is 0 Å². The van der Waals surface area contributed by atoms with Gasteiger partial charge in [0.15, 0.2) is 0 Å². The van der Waals surface area contributed by atoms with Crippen molar-refractivity contribution in [1.29, 1.82) is 0 Å². The third-order valence-corrected chi connectivity index (χ3v) is 0. The number of hydrogen-bond donors (Lipinski definition) is 0. The number of rotatable bonds is 0. The molecule has 0 heterocycles. The van der Waals surface area contributed by atoms with Gasteiger partial charge in [0.1, 0.15) is 0 Å². The second-order valence-corrected chi connectivity index (χ2v) is 1.50. The Morgan fingerprint density at radius 3 is 0.857 bits per heavy atom. The van der Waals surface area contributed by atoms with Crippen LogP contribution in [0.15, 0.2) is 0 Å². The summed E-state index contributed by atoms with van der Waals surface area (Å²) in [7, 11) is -5.61. The van der Waals surface area contributed by atoms with E-state index in [0.29, 0.717) is 0 Å². The SMILES string of the molecule is [Mo+4].[O-][Si]([O-])([O-])[O-].[Y+3]. The van der Waals surface area contributed by atoms with Crippen molar-refractivity contribution in [3.8, 4) is 0 Å². The number of hydrogen-bond acceptors (Lipinski definition) is 4. The molecule has 0 aromatic carbocycles. The van der Waals surface area contributed by atoms with E-state index >= 15 is 0 Å². The van der Waals surface area contributed by atoms with Crippen molar-refractivity contribution >= 4 is 9.05 Å². The van der Waals surface area contributed by atoms with Gasteiger partial charge in [-0.1, -0.05) is 0 Å². The van der Waals surface area contributed by atoms with Gasteiger partial charge in [-0.3, -0.25) is 0 Å². The van der Waals surface area contributed by atoms with E-state index in [9.17, 15) is 0 Å². The Morgan fingerprint density at radius 2 is 0.857 bits per heavy atom. The second-order valence-electron chi connectivity index (χ2n) is 0.500. The summed E-state index contributed by atoms with van der Waals surface area (Å²) >= 11 is 0. The molecule has 0 aliphatic carbocycles. The van der Waals surface area contributed by atoms with Crippen molar-refractivity contribution in [3.63, 3.8) is 0 Å². The van der Waals surface area contributed by atoms with E-state index in [0.717, 1.165) is 0 Å². The fourth-order valence-corrected chi connectivity index (χ4v) is 0. The molecular weight excluding hydrogens is 277 g/mol. The summed E-state index contributed by atoms with van der Waals surface area (Å²) in [6.45, 7) is 0. The molecule has 0 saturated heterocycles. The van der Waals surface area contributed by atoms with Gasteiger partial charge >= 0.3 is 53.8 Å². The Morgan fingerprint density at radius 1 is 0.857 bits per heavy atom. The van der Waals surface area contributed by atoms with Crippen molar-refractivity contribution in [1.82, 2.24) is 0 Å². The fourth-order valence-electron chi connectivity index (χ4n) is 0. The molecule has 7 heteroatoms. The van der Waals surface area contributed by atoms with Crippen LogP contribution in [0.2, 0.25) is 0 Å². The zero-order valence-electron chi connectivity index (χ0n) is 3.12. The van der Waals surface area contributed by atoms with Crippen LogP contribution in [0.4, 0.5) is 0 Å². The molecule has 0 spiro atoms. The van der Waals surface area contributed by atoms with Crippen LogP contribution in [-0.4, -0.2) is 9.05 Å². The first kappa shape index (κ1) is 15.9. The maximum Gasteiger partial charge on any atom is 4.00 e. The van der Waals surface area contributed by atoms with Crippen LogP contribution in [0.3, 0.4) is 0 Å². The van der Waals surface area contributed by atoms with Gasteiger partial charge in [-0.15, -0.1) is 0 Å². The van der Waals surface area contributed by atoms with Gasteiger partial charge in [0.05, 0.1) is 0 Å². The summed E-state index contributed by atoms with van der Waals surface area (Å²) in [4.78, 5) is 34.3. The molecule has 0 aliphatic rings. The van der Waals surface area contributed by atoms with Gasteiger partial charge in [-0.05, 0) is 0 Å². The van der Waals surface area contributed by atoms with Crippen molar-refractivity contribution in [2.24, 2.45) is 0 Å². The Bertz CT molecular complexity index is 27.2. The Kier molecular flexibility index (Phi) is 13.6. The molecule has 0 aliphatic heterocycles. The van der Waals surface area contributed by atoms with Crippen LogP contribution < -0.4 is 19.2 Å². The van der Waals surface area contributed by atoms with Crippen LogP contribution in [-0.2, 0) is 53.8 Å². The van der Waals surface area contributed by atoms with Gasteiger partial charge in [0.25, 0.3) is 0 Å². The molecule has 7 heavy (non-hydrogen) atoms. The predicted molar refractivity (Wildman–Crippen MR) is 5.75 cm³/mol. The fraction of sp³-hybridized carbons (Fsp3) is 0. The van der Waals surface area contributed by atoms with Crippen molar-refractivity contribution in [2.75, 3.05) is 0 Å². The van der Waals surface area contributed by atoms with Gasteiger partial charge in [0.2, 0.25) is 0 Å². The quantitative estimate of drug-likeness (QED) is 0.414. The van der Waals surface area contributed by atoms with E-state index in [1.165, 1.54) is 0 Å². The van der Waals surface area contributed by atoms with Gasteiger partial charge < -0.3 is 28.2 Å². The molecule has 0 aromatic rings. The molecule has 0 unspecified atom stereocenters. The summed E-state index contributed by atoms with van der Waals surface area (Å²) in [6, 6.07) is 0. The third kappa shape index (κ3) is 78.5. The van der Waals surface area contributed by atoms with E-state index < -0.39 is 9.05 Å². The largest absolute Gasteiger partial charge is 4.00 e. The van der Waals surface area contributed by atoms with Crippen LogP contribution in [0.1, 0.15) is 0 Å². The van der Waals surface area contributed by atoms with E-state index in [1.807, 2.05) is 0 Å². The second kappa shape index (κ2) is 5.98. The Labute approximate surface area is 81.2 Å². The average molecular weight is 277 g/mol. The van der Waals surface area contributed by atoms with Crippen LogP contribution in [0.25, 0.3) is 0 Å². The topological polar surface area (TPSA) is 92.2 Å². The minimum Gasteiger partial charge on any atom is -0.894 e. The molecule has 4 nitrogen and oxygen atoms in total. The molecule has 0 fully saturated rings. The van der Waals surface area contributed by atoms with Crippen LogP contribution in [0.5, 0.6) is 0 Å². The summed E-state index contributed by atoms with van der Waals surface area (Å²) in [5.41, 5.74) is 0. The monoisotopic (exact) mass is 279 g/mol. The first-order chi connectivity index (χ1) is 2.00. The van der Waals surface area contributed by atoms with Crippen molar-refractivity contribution in [2.45, 2.75) is 0 Å². The Balaban J connectivity index is -0.0000000800. The van der Waals surface area contributed by atoms with Crippen molar-refractivity contribution < 1.29 is 73.0 Å². The summed E-state index contributed by atoms with van der Waals surface area (Å²) in [5, 5.41) is 0. The van der Waals surface area contributed by atoms with Crippen molar-refractivity contribution in [3.05, 3.63) is 0 Å². The molecular formula is MoO4SiY+3. The summed E-state index contributed by atoms with van der Waals surface area (Å²) < 4.78 is 0. The van der Waals surface area contributed by atoms with E-state index in [-0.39, 0.29) is 53.8 Å². The molecule has 0 saturated carbocycles. The maximum absolute atomic E-state index is 8.58. The molecule has 0 rings (SSSR count). The predicted octanol–water partition coefficient (Wildman–Crippen LogP) is -5.14. The molecule has 0 aromatic heterocycles. The molecule has 34 valence electrons. The van der Waals surface area contributed by atoms with Crippen LogP contribution in [0, 0.1) is 0 Å². The van der Waals surface area contributed by atoms with Crippen LogP contribution >= 0.6 is 0 Å². The van der Waals surface area contributed by atoms with Gasteiger partial charge in [0, 0.05) is 0 Å². The first-order valence-electron chi connectivity index (χ1n) is 0.816. The maximum atomic E-state index is 8.58. The molecule has 0 bridgehead atoms. The normalized spacial score (nSPS) is 8.57. The van der Waals surface area contributed by atoms with E-state index in [4.69, 9.17) is 19.2 Å². The smallest absolute Gasteiger partial charge is 0.894 e. The minimum absolute atomic E-state index is 0. The summed E-state index contributed by atoms with van der Waals surface area (Å²) in [6.07, 6.45) is 0. The van der Waals surface area contributed by atoms with E-state index in [1.54, 1.807) is 0 Å². The van der Waals surface area contributed by atoms with E-state index in [2.05, 4.69) is 0 Å². The third-order valence-electron chi connectivity index (χ3n) is 0. The molecule has 0 radical (unpaired) electrons. The molecule has 0 atom stereocenters. The first-order valence-corrected chi connectivity index (χ1v) is 2.45. The minimum atomic E-state index is -5.61. The molecule has 0 N–H and O–H groups in total. The zero-order chi connectivity index (χ0) is 4.50.